The molecule has 4 aromatic carbocycles. The third-order valence-electron chi connectivity index (χ3n) is 5.31. The molecule has 4 aromatic rings. The summed E-state index contributed by atoms with van der Waals surface area (Å²) in [4.78, 5) is 25.2. The van der Waals surface area contributed by atoms with Crippen LogP contribution >= 0.6 is 0 Å². The van der Waals surface area contributed by atoms with E-state index in [9.17, 15) is 9.59 Å². The Morgan fingerprint density at radius 2 is 0.594 bits per heavy atom. The van der Waals surface area contributed by atoms with E-state index < -0.39 is 0 Å². The predicted octanol–water partition coefficient (Wildman–Crippen LogP) is 6.39. The van der Waals surface area contributed by atoms with Crippen LogP contribution in [0.3, 0.4) is 0 Å². The van der Waals surface area contributed by atoms with Crippen molar-refractivity contribution in [3.05, 3.63) is 155 Å². The van der Waals surface area contributed by atoms with Crippen LogP contribution in [-0.2, 0) is 9.59 Å². The molecule has 0 atom stereocenters. The van der Waals surface area contributed by atoms with Gasteiger partial charge in [0.2, 0.25) is 0 Å². The Morgan fingerprint density at radius 1 is 0.375 bits per heavy atom. The molecule has 32 heavy (non-hydrogen) atoms. The molecule has 4 rings (SSSR count). The standard InChI is InChI=1S/C30H22O2/c31-21-27(29(23-13-5-1-6-14-23)24-15-7-2-8-16-24)28(22-32)30(25-17-9-3-10-18-25)26-19-11-4-12-20-26/h1-22H. The summed E-state index contributed by atoms with van der Waals surface area (Å²) in [6.07, 6.45) is 1.59. The number of benzene rings is 4. The largest absolute Gasteiger partial charge is 0.298 e. The van der Waals surface area contributed by atoms with Crippen LogP contribution in [-0.4, -0.2) is 12.6 Å². The second-order valence-electron chi connectivity index (χ2n) is 7.28. The van der Waals surface area contributed by atoms with Gasteiger partial charge in [-0.2, -0.15) is 0 Å². The van der Waals surface area contributed by atoms with Crippen LogP contribution in [0, 0.1) is 0 Å². The smallest absolute Gasteiger partial charge is 0.151 e. The molecule has 0 aliphatic rings. The first-order valence-electron chi connectivity index (χ1n) is 10.4. The molecular weight excluding hydrogens is 392 g/mol. The van der Waals surface area contributed by atoms with Gasteiger partial charge in [0.05, 0.1) is 0 Å². The normalized spacial score (nSPS) is 10.1. The first-order chi connectivity index (χ1) is 15.8. The van der Waals surface area contributed by atoms with Gasteiger partial charge in [-0.05, 0) is 22.3 Å². The molecule has 0 unspecified atom stereocenters. The van der Waals surface area contributed by atoms with Gasteiger partial charge in [-0.1, -0.05) is 121 Å². The average molecular weight is 415 g/mol. The molecule has 0 fully saturated rings. The SMILES string of the molecule is O=CC(C(C=O)=C(c1ccccc1)c1ccccc1)=C(c1ccccc1)c1ccccc1. The van der Waals surface area contributed by atoms with Crippen LogP contribution in [0.1, 0.15) is 22.3 Å². The first kappa shape index (κ1) is 21.0. The minimum absolute atomic E-state index is 0.361. The van der Waals surface area contributed by atoms with Gasteiger partial charge >= 0.3 is 0 Å². The highest BCUT2D eigenvalue weighted by atomic mass is 16.1. The Bertz CT molecular complexity index is 1070. The molecule has 0 saturated heterocycles. The molecule has 0 N–H and O–H groups in total. The molecule has 0 saturated carbocycles. The second kappa shape index (κ2) is 10.1. The van der Waals surface area contributed by atoms with Crippen molar-refractivity contribution in [3.63, 3.8) is 0 Å². The monoisotopic (exact) mass is 414 g/mol. The number of hydrogen-bond donors (Lipinski definition) is 0. The summed E-state index contributed by atoms with van der Waals surface area (Å²) in [5.41, 5.74) is 5.68. The van der Waals surface area contributed by atoms with E-state index in [-0.39, 0.29) is 0 Å². The molecule has 0 aromatic heterocycles. The summed E-state index contributed by atoms with van der Waals surface area (Å²) >= 11 is 0. The van der Waals surface area contributed by atoms with E-state index in [1.54, 1.807) is 0 Å². The number of rotatable bonds is 7. The zero-order chi connectivity index (χ0) is 22.2. The predicted molar refractivity (Wildman–Crippen MR) is 130 cm³/mol. The maximum Gasteiger partial charge on any atom is 0.151 e. The zero-order valence-electron chi connectivity index (χ0n) is 17.5. The number of hydrogen-bond acceptors (Lipinski definition) is 2. The number of carbonyl (C=O) groups excluding carboxylic acids is 2. The van der Waals surface area contributed by atoms with Gasteiger partial charge in [-0.25, -0.2) is 0 Å². The van der Waals surface area contributed by atoms with Crippen LogP contribution in [0.15, 0.2) is 132 Å². The lowest BCUT2D eigenvalue weighted by molar-refractivity contribution is -0.107. The molecule has 2 nitrogen and oxygen atoms in total. The van der Waals surface area contributed by atoms with E-state index in [0.717, 1.165) is 46.0 Å². The Labute approximate surface area is 188 Å². The Morgan fingerprint density at radius 3 is 0.781 bits per heavy atom. The summed E-state index contributed by atoms with van der Waals surface area (Å²) in [6, 6.07) is 38.8. The van der Waals surface area contributed by atoms with E-state index in [4.69, 9.17) is 0 Å². The summed E-state index contributed by atoms with van der Waals surface area (Å²) < 4.78 is 0. The van der Waals surface area contributed by atoms with Crippen molar-refractivity contribution >= 4 is 23.7 Å². The lowest BCUT2D eigenvalue weighted by Crippen LogP contribution is -2.05. The van der Waals surface area contributed by atoms with Crippen LogP contribution in [0.5, 0.6) is 0 Å². The van der Waals surface area contributed by atoms with Crippen molar-refractivity contribution in [1.82, 2.24) is 0 Å². The summed E-state index contributed by atoms with van der Waals surface area (Å²) in [5, 5.41) is 0. The van der Waals surface area contributed by atoms with Crippen molar-refractivity contribution in [3.8, 4) is 0 Å². The van der Waals surface area contributed by atoms with E-state index in [1.165, 1.54) is 0 Å². The van der Waals surface area contributed by atoms with Crippen molar-refractivity contribution in [2.75, 3.05) is 0 Å². The third-order valence-corrected chi connectivity index (χ3v) is 5.31. The lowest BCUT2D eigenvalue weighted by Gasteiger charge is -2.17. The van der Waals surface area contributed by atoms with Gasteiger partial charge in [-0.15, -0.1) is 0 Å². The lowest BCUT2D eigenvalue weighted by atomic mass is 9.85. The minimum Gasteiger partial charge on any atom is -0.298 e. The van der Waals surface area contributed by atoms with Gasteiger partial charge in [0.1, 0.15) is 0 Å². The van der Waals surface area contributed by atoms with Crippen LogP contribution < -0.4 is 0 Å². The summed E-state index contributed by atoms with van der Waals surface area (Å²) in [7, 11) is 0. The van der Waals surface area contributed by atoms with Crippen molar-refractivity contribution in [1.29, 1.82) is 0 Å². The maximum absolute atomic E-state index is 12.6. The van der Waals surface area contributed by atoms with Crippen LogP contribution in [0.25, 0.3) is 11.1 Å². The molecule has 0 amide bonds. The fraction of sp³-hybridized carbons (Fsp3) is 0. The first-order valence-corrected chi connectivity index (χ1v) is 10.4. The van der Waals surface area contributed by atoms with E-state index in [1.807, 2.05) is 121 Å². The molecule has 0 bridgehead atoms. The van der Waals surface area contributed by atoms with Crippen LogP contribution in [0.2, 0.25) is 0 Å². The Kier molecular flexibility index (Phi) is 6.64. The molecule has 154 valence electrons. The van der Waals surface area contributed by atoms with Crippen molar-refractivity contribution in [2.24, 2.45) is 0 Å². The minimum atomic E-state index is 0.361. The maximum atomic E-state index is 12.6. The van der Waals surface area contributed by atoms with Crippen molar-refractivity contribution < 1.29 is 9.59 Å². The van der Waals surface area contributed by atoms with E-state index in [2.05, 4.69) is 0 Å². The highest BCUT2D eigenvalue weighted by molar-refractivity contribution is 6.11. The van der Waals surface area contributed by atoms with Gasteiger partial charge < -0.3 is 0 Å². The summed E-state index contributed by atoms with van der Waals surface area (Å²) in [6.45, 7) is 0. The average Bonchev–Trinajstić information content (AvgIpc) is 2.88. The highest BCUT2D eigenvalue weighted by Gasteiger charge is 2.20. The molecule has 0 spiro atoms. The molecule has 0 aliphatic heterocycles. The Balaban J connectivity index is 2.12. The molecule has 0 heterocycles. The topological polar surface area (TPSA) is 34.1 Å². The number of carbonyl (C=O) groups is 2. The van der Waals surface area contributed by atoms with Gasteiger partial charge in [0.25, 0.3) is 0 Å². The number of aldehydes is 2. The molecule has 2 heteroatoms. The van der Waals surface area contributed by atoms with Gasteiger partial charge in [0.15, 0.2) is 12.6 Å². The van der Waals surface area contributed by atoms with Gasteiger partial charge in [0, 0.05) is 22.3 Å². The van der Waals surface area contributed by atoms with E-state index >= 15 is 0 Å². The molecular formula is C30H22O2. The van der Waals surface area contributed by atoms with Crippen LogP contribution in [0.4, 0.5) is 0 Å². The van der Waals surface area contributed by atoms with E-state index in [0.29, 0.717) is 11.1 Å². The quantitative estimate of drug-likeness (QED) is 0.199. The molecule has 0 radical (unpaired) electrons. The third kappa shape index (κ3) is 4.40. The molecule has 0 aliphatic carbocycles. The van der Waals surface area contributed by atoms with Crippen molar-refractivity contribution in [2.45, 2.75) is 0 Å². The van der Waals surface area contributed by atoms with Gasteiger partial charge in [-0.3, -0.25) is 9.59 Å². The second-order valence-corrected chi connectivity index (χ2v) is 7.28. The highest BCUT2D eigenvalue weighted by Crippen LogP contribution is 2.35. The Hall–Kier alpha value is -4.30. The fourth-order valence-corrected chi connectivity index (χ4v) is 3.89. The number of allylic oxidation sites excluding steroid dienone is 2. The fourth-order valence-electron chi connectivity index (χ4n) is 3.89. The summed E-state index contributed by atoms with van der Waals surface area (Å²) in [5.74, 6) is 0. The zero-order valence-corrected chi connectivity index (χ0v) is 17.5.